The Kier molecular flexibility index (Phi) is 3.35. The third-order valence-corrected chi connectivity index (χ3v) is 3.35. The van der Waals surface area contributed by atoms with Crippen LogP contribution < -0.4 is 10.5 Å². The summed E-state index contributed by atoms with van der Waals surface area (Å²) in [6, 6.07) is 14.1. The lowest BCUT2D eigenvalue weighted by Crippen LogP contribution is -1.93. The lowest BCUT2D eigenvalue weighted by molar-refractivity contribution is 0.485. The van der Waals surface area contributed by atoms with Gasteiger partial charge < -0.3 is 10.5 Å². The first kappa shape index (κ1) is 13.2. The minimum absolute atomic E-state index is 0.369. The topological polar surface area (TPSA) is 71.9 Å². The van der Waals surface area contributed by atoms with Crippen molar-refractivity contribution >= 4 is 28.2 Å². The smallest absolute Gasteiger partial charge is 0.153 e. The largest absolute Gasteiger partial charge is 0.454 e. The first-order chi connectivity index (χ1) is 10.2. The molecule has 0 unspecified atom stereocenters. The van der Waals surface area contributed by atoms with Crippen molar-refractivity contribution in [1.29, 1.82) is 5.26 Å². The van der Waals surface area contributed by atoms with Gasteiger partial charge in [-0.25, -0.2) is 0 Å². The number of rotatable bonds is 2. The fourth-order valence-electron chi connectivity index (χ4n) is 2.04. The molecule has 0 aliphatic rings. The van der Waals surface area contributed by atoms with Gasteiger partial charge >= 0.3 is 0 Å². The maximum atomic E-state index is 9.16. The lowest BCUT2D eigenvalue weighted by atomic mass is 10.2. The van der Waals surface area contributed by atoms with Gasteiger partial charge in [-0.3, -0.25) is 4.98 Å². The molecule has 0 saturated carbocycles. The molecule has 5 heteroatoms. The highest BCUT2D eigenvalue weighted by Gasteiger charge is 2.10. The van der Waals surface area contributed by atoms with Crippen LogP contribution in [0.1, 0.15) is 5.56 Å². The molecule has 0 saturated heterocycles. The summed E-state index contributed by atoms with van der Waals surface area (Å²) in [5.41, 5.74) is 7.20. The monoisotopic (exact) mass is 295 g/mol. The maximum absolute atomic E-state index is 9.16. The highest BCUT2D eigenvalue weighted by Crippen LogP contribution is 2.34. The van der Waals surface area contributed by atoms with E-state index in [2.05, 4.69) is 11.1 Å². The molecule has 0 bridgehead atoms. The van der Waals surface area contributed by atoms with E-state index in [4.69, 9.17) is 27.3 Å². The number of nitrogen functional groups attached to an aromatic ring is 1. The first-order valence-electron chi connectivity index (χ1n) is 6.20. The molecule has 0 fully saturated rings. The Morgan fingerprint density at radius 3 is 2.76 bits per heavy atom. The van der Waals surface area contributed by atoms with Crippen LogP contribution in [0, 0.1) is 11.3 Å². The van der Waals surface area contributed by atoms with E-state index in [1.165, 1.54) is 0 Å². The van der Waals surface area contributed by atoms with Gasteiger partial charge in [0.2, 0.25) is 0 Å². The molecule has 2 N–H and O–H groups in total. The van der Waals surface area contributed by atoms with Crippen LogP contribution in [0.25, 0.3) is 10.9 Å². The molecule has 0 radical (unpaired) electrons. The van der Waals surface area contributed by atoms with E-state index >= 15 is 0 Å². The zero-order chi connectivity index (χ0) is 14.8. The number of nitrogens with zero attached hydrogens (tertiary/aromatic N) is 2. The molecular weight excluding hydrogens is 286 g/mol. The van der Waals surface area contributed by atoms with Crippen molar-refractivity contribution in [2.45, 2.75) is 0 Å². The Balaban J connectivity index is 2.11. The number of anilines is 1. The van der Waals surface area contributed by atoms with Gasteiger partial charge in [-0.05, 0) is 42.5 Å². The Hall–Kier alpha value is -2.77. The average Bonchev–Trinajstić information content (AvgIpc) is 2.52. The van der Waals surface area contributed by atoms with Gasteiger partial charge in [0.05, 0.1) is 10.6 Å². The van der Waals surface area contributed by atoms with E-state index in [-0.39, 0.29) is 0 Å². The molecule has 3 aromatic rings. The van der Waals surface area contributed by atoms with E-state index in [0.29, 0.717) is 33.3 Å². The summed E-state index contributed by atoms with van der Waals surface area (Å²) < 4.78 is 5.82. The number of halogens is 1. The van der Waals surface area contributed by atoms with Gasteiger partial charge in [0.1, 0.15) is 17.3 Å². The zero-order valence-electron chi connectivity index (χ0n) is 10.9. The molecular formula is C16H10ClN3O. The fourth-order valence-corrected chi connectivity index (χ4v) is 2.25. The van der Waals surface area contributed by atoms with Crippen molar-refractivity contribution in [2.24, 2.45) is 0 Å². The summed E-state index contributed by atoms with van der Waals surface area (Å²) in [4.78, 5) is 4.29. The van der Waals surface area contributed by atoms with Crippen molar-refractivity contribution in [3.8, 4) is 17.6 Å². The van der Waals surface area contributed by atoms with Gasteiger partial charge in [-0.15, -0.1) is 0 Å². The van der Waals surface area contributed by atoms with Crippen LogP contribution in [0.5, 0.6) is 11.5 Å². The van der Waals surface area contributed by atoms with Crippen molar-refractivity contribution < 1.29 is 4.74 Å². The number of fused-ring (bicyclic) bond motifs is 1. The molecule has 1 aromatic heterocycles. The van der Waals surface area contributed by atoms with Crippen LogP contribution in [-0.2, 0) is 0 Å². The van der Waals surface area contributed by atoms with Crippen LogP contribution >= 0.6 is 11.6 Å². The predicted molar refractivity (Wildman–Crippen MR) is 82.4 cm³/mol. The second kappa shape index (κ2) is 5.31. The number of ether oxygens (including phenoxy) is 1. The van der Waals surface area contributed by atoms with Gasteiger partial charge in [0, 0.05) is 17.3 Å². The molecule has 0 spiro atoms. The molecule has 0 atom stereocenters. The summed E-state index contributed by atoms with van der Waals surface area (Å²) in [6.45, 7) is 0. The average molecular weight is 296 g/mol. The molecule has 4 nitrogen and oxygen atoms in total. The predicted octanol–water partition coefficient (Wildman–Crippen LogP) is 4.13. The Morgan fingerprint density at radius 2 is 1.95 bits per heavy atom. The van der Waals surface area contributed by atoms with Crippen molar-refractivity contribution in [2.75, 3.05) is 5.73 Å². The summed E-state index contributed by atoms with van der Waals surface area (Å²) in [7, 11) is 0. The normalized spacial score (nSPS) is 10.3. The molecule has 21 heavy (non-hydrogen) atoms. The second-order valence-corrected chi connectivity index (χ2v) is 4.82. The summed E-state index contributed by atoms with van der Waals surface area (Å²) in [6.07, 6.45) is 1.67. The minimum atomic E-state index is 0.369. The standard InChI is InChI=1S/C16H10ClN3O/c17-13-4-6-15(16-12(13)2-1-7-20-16)21-14-5-3-11(19)8-10(14)9-18/h1-8H,19H2. The minimum Gasteiger partial charge on any atom is -0.454 e. The fraction of sp³-hybridized carbons (Fsp3) is 0. The summed E-state index contributed by atoms with van der Waals surface area (Å²) in [5, 5.41) is 10.6. The quantitative estimate of drug-likeness (QED) is 0.721. The number of hydrogen-bond acceptors (Lipinski definition) is 4. The highest BCUT2D eigenvalue weighted by atomic mass is 35.5. The number of benzene rings is 2. The van der Waals surface area contributed by atoms with Gasteiger partial charge in [0.25, 0.3) is 0 Å². The third-order valence-electron chi connectivity index (χ3n) is 3.02. The lowest BCUT2D eigenvalue weighted by Gasteiger charge is -2.10. The van der Waals surface area contributed by atoms with Crippen molar-refractivity contribution in [1.82, 2.24) is 4.98 Å². The first-order valence-corrected chi connectivity index (χ1v) is 6.57. The van der Waals surface area contributed by atoms with Gasteiger partial charge in [-0.1, -0.05) is 11.6 Å². The molecule has 3 rings (SSSR count). The SMILES string of the molecule is N#Cc1cc(N)ccc1Oc1ccc(Cl)c2cccnc12. The molecule has 102 valence electrons. The van der Waals surface area contributed by atoms with Crippen LogP contribution in [0.4, 0.5) is 5.69 Å². The third kappa shape index (κ3) is 2.47. The van der Waals surface area contributed by atoms with Crippen LogP contribution in [0.15, 0.2) is 48.7 Å². The van der Waals surface area contributed by atoms with E-state index in [0.717, 1.165) is 5.39 Å². The van der Waals surface area contributed by atoms with E-state index < -0.39 is 0 Å². The van der Waals surface area contributed by atoms with Crippen molar-refractivity contribution in [3.05, 3.63) is 59.2 Å². The van der Waals surface area contributed by atoms with Crippen LogP contribution in [0.3, 0.4) is 0 Å². The van der Waals surface area contributed by atoms with E-state index in [1.54, 1.807) is 36.5 Å². The molecule has 0 aliphatic carbocycles. The Bertz CT molecular complexity index is 871. The molecule has 2 aromatic carbocycles. The number of pyridine rings is 1. The Labute approximate surface area is 126 Å². The number of aromatic nitrogens is 1. The van der Waals surface area contributed by atoms with Crippen LogP contribution in [-0.4, -0.2) is 4.98 Å². The number of nitriles is 1. The van der Waals surface area contributed by atoms with Crippen molar-refractivity contribution in [3.63, 3.8) is 0 Å². The molecule has 1 heterocycles. The highest BCUT2D eigenvalue weighted by molar-refractivity contribution is 6.35. The second-order valence-electron chi connectivity index (χ2n) is 4.41. The summed E-state index contributed by atoms with van der Waals surface area (Å²) >= 11 is 6.15. The zero-order valence-corrected chi connectivity index (χ0v) is 11.6. The number of nitrogens with two attached hydrogens (primary N) is 1. The molecule has 0 aliphatic heterocycles. The Morgan fingerprint density at radius 1 is 1.14 bits per heavy atom. The van der Waals surface area contributed by atoms with Gasteiger partial charge in [-0.2, -0.15) is 5.26 Å². The maximum Gasteiger partial charge on any atom is 0.153 e. The van der Waals surface area contributed by atoms with E-state index in [1.807, 2.05) is 12.1 Å². The van der Waals surface area contributed by atoms with Gasteiger partial charge in [0.15, 0.2) is 5.75 Å². The summed E-state index contributed by atoms with van der Waals surface area (Å²) in [5.74, 6) is 0.970. The molecule has 0 amide bonds. The number of hydrogen-bond donors (Lipinski definition) is 1. The van der Waals surface area contributed by atoms with Crippen LogP contribution in [0.2, 0.25) is 5.02 Å². The van der Waals surface area contributed by atoms with E-state index in [9.17, 15) is 0 Å².